The summed E-state index contributed by atoms with van der Waals surface area (Å²) >= 11 is 0. The van der Waals surface area contributed by atoms with Crippen LogP contribution >= 0.6 is 0 Å². The molecule has 0 aliphatic heterocycles. The highest BCUT2D eigenvalue weighted by Gasteiger charge is 2.15. The van der Waals surface area contributed by atoms with E-state index >= 15 is 0 Å². The first kappa shape index (κ1) is 16.6. The largest absolute Gasteiger partial charge is 0.488 e. The third-order valence-electron chi connectivity index (χ3n) is 3.69. The molecule has 126 valence electrons. The topological polar surface area (TPSA) is 46.5 Å². The third kappa shape index (κ3) is 3.83. The Kier molecular flexibility index (Phi) is 4.75. The van der Waals surface area contributed by atoms with E-state index in [9.17, 15) is 18.7 Å². The standard InChI is InChI=1S/C20H14F2O3/c21-15-7-8-16(18(22)11-15)14-6-9-19(17(10-14)20(23)24)25-12-13-4-2-1-3-5-13/h1-11H,12H2,(H,23,24). The average molecular weight is 340 g/mol. The molecule has 3 nitrogen and oxygen atoms in total. The molecule has 0 atom stereocenters. The highest BCUT2D eigenvalue weighted by molar-refractivity contribution is 5.92. The molecule has 0 saturated heterocycles. The van der Waals surface area contributed by atoms with Crippen molar-refractivity contribution in [2.75, 3.05) is 0 Å². The van der Waals surface area contributed by atoms with E-state index in [1.165, 1.54) is 18.2 Å². The molecule has 0 amide bonds. The van der Waals surface area contributed by atoms with Gasteiger partial charge in [0.25, 0.3) is 0 Å². The molecule has 5 heteroatoms. The van der Waals surface area contributed by atoms with Gasteiger partial charge in [-0.3, -0.25) is 0 Å². The number of carboxylic acids is 1. The minimum absolute atomic E-state index is 0.0860. The van der Waals surface area contributed by atoms with E-state index < -0.39 is 17.6 Å². The van der Waals surface area contributed by atoms with Crippen LogP contribution in [0.15, 0.2) is 66.7 Å². The minimum atomic E-state index is -1.19. The molecule has 1 N–H and O–H groups in total. The van der Waals surface area contributed by atoms with Crippen LogP contribution in [-0.2, 0) is 6.61 Å². The van der Waals surface area contributed by atoms with Crippen LogP contribution in [0.5, 0.6) is 5.75 Å². The van der Waals surface area contributed by atoms with Gasteiger partial charge in [-0.25, -0.2) is 13.6 Å². The monoisotopic (exact) mass is 340 g/mol. The number of hydrogen-bond donors (Lipinski definition) is 1. The number of ether oxygens (including phenoxy) is 1. The van der Waals surface area contributed by atoms with E-state index in [0.717, 1.165) is 17.7 Å². The van der Waals surface area contributed by atoms with E-state index in [2.05, 4.69) is 0 Å². The smallest absolute Gasteiger partial charge is 0.339 e. The zero-order valence-corrected chi connectivity index (χ0v) is 13.1. The summed E-state index contributed by atoms with van der Waals surface area (Å²) in [5.41, 5.74) is 1.27. The first-order valence-electron chi connectivity index (χ1n) is 7.54. The molecule has 0 saturated carbocycles. The summed E-state index contributed by atoms with van der Waals surface area (Å²) in [4.78, 5) is 11.5. The Morgan fingerprint density at radius 3 is 2.40 bits per heavy atom. The lowest BCUT2D eigenvalue weighted by Gasteiger charge is -2.11. The Morgan fingerprint density at radius 2 is 1.72 bits per heavy atom. The lowest BCUT2D eigenvalue weighted by molar-refractivity contribution is 0.0692. The van der Waals surface area contributed by atoms with Gasteiger partial charge in [-0.1, -0.05) is 36.4 Å². The number of carboxylic acid groups (broad SMARTS) is 1. The van der Waals surface area contributed by atoms with Crippen molar-refractivity contribution in [3.63, 3.8) is 0 Å². The van der Waals surface area contributed by atoms with E-state index in [1.807, 2.05) is 30.3 Å². The molecule has 0 radical (unpaired) electrons. The van der Waals surface area contributed by atoms with Gasteiger partial charge in [-0.15, -0.1) is 0 Å². The lowest BCUT2D eigenvalue weighted by Crippen LogP contribution is -2.04. The van der Waals surface area contributed by atoms with Crippen molar-refractivity contribution < 1.29 is 23.4 Å². The first-order valence-corrected chi connectivity index (χ1v) is 7.54. The van der Waals surface area contributed by atoms with Crippen molar-refractivity contribution in [2.45, 2.75) is 6.61 Å². The van der Waals surface area contributed by atoms with Gasteiger partial charge in [-0.2, -0.15) is 0 Å². The van der Waals surface area contributed by atoms with Crippen molar-refractivity contribution in [3.05, 3.63) is 89.5 Å². The van der Waals surface area contributed by atoms with Crippen LogP contribution in [0.1, 0.15) is 15.9 Å². The molecule has 0 bridgehead atoms. The molecule has 0 aliphatic rings. The Labute approximate surface area is 143 Å². The number of halogens is 2. The second-order valence-corrected chi connectivity index (χ2v) is 5.41. The molecule has 0 fully saturated rings. The van der Waals surface area contributed by atoms with Crippen LogP contribution in [0.4, 0.5) is 8.78 Å². The number of carbonyl (C=O) groups is 1. The Hall–Kier alpha value is -3.21. The van der Waals surface area contributed by atoms with Crippen LogP contribution in [0.25, 0.3) is 11.1 Å². The zero-order chi connectivity index (χ0) is 17.8. The number of benzene rings is 3. The molecule has 3 aromatic carbocycles. The predicted octanol–water partition coefficient (Wildman–Crippen LogP) is 4.91. The summed E-state index contributed by atoms with van der Waals surface area (Å²) in [6.07, 6.45) is 0. The predicted molar refractivity (Wildman–Crippen MR) is 89.5 cm³/mol. The molecule has 3 aromatic rings. The van der Waals surface area contributed by atoms with Gasteiger partial charge in [0.15, 0.2) is 0 Å². The molecule has 0 aliphatic carbocycles. The highest BCUT2D eigenvalue weighted by Crippen LogP contribution is 2.29. The summed E-state index contributed by atoms with van der Waals surface area (Å²) in [6.45, 7) is 0.214. The summed E-state index contributed by atoms with van der Waals surface area (Å²) < 4.78 is 32.6. The van der Waals surface area contributed by atoms with Gasteiger partial charge in [0.05, 0.1) is 0 Å². The molecule has 0 unspecified atom stereocenters. The van der Waals surface area contributed by atoms with Gasteiger partial charge in [0.2, 0.25) is 0 Å². The summed E-state index contributed by atoms with van der Waals surface area (Å²) in [5.74, 6) is -2.45. The van der Waals surface area contributed by atoms with E-state index in [0.29, 0.717) is 5.56 Å². The molecular weight excluding hydrogens is 326 g/mol. The fourth-order valence-corrected chi connectivity index (χ4v) is 2.45. The van der Waals surface area contributed by atoms with Gasteiger partial charge in [0, 0.05) is 11.6 Å². The number of rotatable bonds is 5. The van der Waals surface area contributed by atoms with E-state index in [1.54, 1.807) is 6.07 Å². The van der Waals surface area contributed by atoms with Gasteiger partial charge >= 0.3 is 5.97 Å². The second-order valence-electron chi connectivity index (χ2n) is 5.41. The molecular formula is C20H14F2O3. The maximum Gasteiger partial charge on any atom is 0.339 e. The normalized spacial score (nSPS) is 10.5. The van der Waals surface area contributed by atoms with Gasteiger partial charge < -0.3 is 9.84 Å². The average Bonchev–Trinajstić information content (AvgIpc) is 2.61. The maximum absolute atomic E-state index is 13.9. The van der Waals surface area contributed by atoms with Crippen LogP contribution in [0, 0.1) is 11.6 Å². The summed E-state index contributed by atoms with van der Waals surface area (Å²) in [7, 11) is 0. The van der Waals surface area contributed by atoms with Gasteiger partial charge in [-0.05, 0) is 35.4 Å². The van der Waals surface area contributed by atoms with Crippen molar-refractivity contribution in [2.24, 2.45) is 0 Å². The van der Waals surface area contributed by atoms with Crippen molar-refractivity contribution in [3.8, 4) is 16.9 Å². The quantitative estimate of drug-likeness (QED) is 0.718. The Balaban J connectivity index is 1.91. The van der Waals surface area contributed by atoms with Crippen LogP contribution in [-0.4, -0.2) is 11.1 Å². The number of hydrogen-bond acceptors (Lipinski definition) is 2. The van der Waals surface area contributed by atoms with Crippen LogP contribution < -0.4 is 4.74 Å². The van der Waals surface area contributed by atoms with Crippen LogP contribution in [0.2, 0.25) is 0 Å². The van der Waals surface area contributed by atoms with E-state index in [4.69, 9.17) is 4.74 Å². The molecule has 0 spiro atoms. The van der Waals surface area contributed by atoms with Crippen molar-refractivity contribution >= 4 is 5.97 Å². The second kappa shape index (κ2) is 7.13. The van der Waals surface area contributed by atoms with Crippen molar-refractivity contribution in [1.82, 2.24) is 0 Å². The van der Waals surface area contributed by atoms with Gasteiger partial charge in [0.1, 0.15) is 29.6 Å². The lowest BCUT2D eigenvalue weighted by atomic mass is 10.0. The first-order chi connectivity index (χ1) is 12.0. The molecule has 0 aromatic heterocycles. The maximum atomic E-state index is 13.9. The Morgan fingerprint density at radius 1 is 0.960 bits per heavy atom. The Bertz CT molecular complexity index is 908. The fourth-order valence-electron chi connectivity index (χ4n) is 2.45. The van der Waals surface area contributed by atoms with E-state index in [-0.39, 0.29) is 23.5 Å². The molecule has 0 heterocycles. The summed E-state index contributed by atoms with van der Waals surface area (Å²) in [5, 5.41) is 9.41. The third-order valence-corrected chi connectivity index (χ3v) is 3.69. The summed E-state index contributed by atoms with van der Waals surface area (Å²) in [6, 6.07) is 16.8. The van der Waals surface area contributed by atoms with Crippen molar-refractivity contribution in [1.29, 1.82) is 0 Å². The molecule has 3 rings (SSSR count). The SMILES string of the molecule is O=C(O)c1cc(-c2ccc(F)cc2F)ccc1OCc1ccccc1. The highest BCUT2D eigenvalue weighted by atomic mass is 19.1. The fraction of sp³-hybridized carbons (Fsp3) is 0.0500. The zero-order valence-electron chi connectivity index (χ0n) is 13.1. The molecule has 25 heavy (non-hydrogen) atoms. The minimum Gasteiger partial charge on any atom is -0.488 e. The number of aromatic carboxylic acids is 1. The van der Waals surface area contributed by atoms with Crippen LogP contribution in [0.3, 0.4) is 0 Å².